The minimum atomic E-state index is -0.287. The Kier molecular flexibility index (Phi) is 5.83. The lowest BCUT2D eigenvalue weighted by molar-refractivity contribution is -0.123. The molecular weight excluding hydrogens is 450 g/mol. The lowest BCUT2D eigenvalue weighted by atomic mass is 10.2. The summed E-state index contributed by atoms with van der Waals surface area (Å²) in [5.74, 6) is 1.11. The van der Waals surface area contributed by atoms with Gasteiger partial charge in [0.05, 0.1) is 11.4 Å². The lowest BCUT2D eigenvalue weighted by Crippen LogP contribution is -2.27. The van der Waals surface area contributed by atoms with Gasteiger partial charge in [-0.2, -0.15) is 0 Å². The van der Waals surface area contributed by atoms with Crippen molar-refractivity contribution < 1.29 is 14.3 Å². The Balaban J connectivity index is 1.53. The third-order valence-corrected chi connectivity index (χ3v) is 5.98. The van der Waals surface area contributed by atoms with Gasteiger partial charge >= 0.3 is 0 Å². The third kappa shape index (κ3) is 4.60. The van der Waals surface area contributed by atoms with E-state index in [0.29, 0.717) is 10.7 Å². The van der Waals surface area contributed by atoms with Crippen molar-refractivity contribution in [2.45, 2.75) is 6.54 Å². The van der Waals surface area contributed by atoms with Gasteiger partial charge < -0.3 is 4.74 Å². The van der Waals surface area contributed by atoms with Gasteiger partial charge in [-0.1, -0.05) is 64.5 Å². The highest BCUT2D eigenvalue weighted by molar-refractivity contribution is 9.10. The molecule has 4 nitrogen and oxygen atoms in total. The first-order valence-corrected chi connectivity index (χ1v) is 10.5. The van der Waals surface area contributed by atoms with Crippen molar-refractivity contribution in [2.24, 2.45) is 0 Å². The second-order valence-electron chi connectivity index (χ2n) is 6.35. The molecule has 1 fully saturated rings. The summed E-state index contributed by atoms with van der Waals surface area (Å²) in [5.41, 5.74) is 1.68. The van der Waals surface area contributed by atoms with Gasteiger partial charge in [0, 0.05) is 4.47 Å². The molecular formula is C23H16BrNO3S. The number of nitrogens with zero attached hydrogens (tertiary/aromatic N) is 1. The van der Waals surface area contributed by atoms with E-state index >= 15 is 0 Å². The summed E-state index contributed by atoms with van der Waals surface area (Å²) in [6, 6.07) is 24.5. The van der Waals surface area contributed by atoms with Gasteiger partial charge in [-0.05, 0) is 59.3 Å². The Bertz CT molecular complexity index is 1100. The number of rotatable bonds is 5. The van der Waals surface area contributed by atoms with E-state index < -0.39 is 0 Å². The molecule has 144 valence electrons. The van der Waals surface area contributed by atoms with E-state index in [9.17, 15) is 9.59 Å². The molecule has 2 amide bonds. The Labute approximate surface area is 181 Å². The molecule has 0 radical (unpaired) electrons. The van der Waals surface area contributed by atoms with Crippen LogP contribution < -0.4 is 4.74 Å². The van der Waals surface area contributed by atoms with E-state index in [1.807, 2.05) is 78.9 Å². The standard InChI is InChI=1S/C23H16BrNO3S/c24-20-12-5-4-8-17(20)15-25-22(26)21(29-23(25)27)14-16-7-6-11-19(13-16)28-18-9-2-1-3-10-18/h1-14H,15H2/b21-14-. The summed E-state index contributed by atoms with van der Waals surface area (Å²) in [4.78, 5) is 26.8. The number of carbonyl (C=O) groups is 2. The fourth-order valence-corrected chi connectivity index (χ4v) is 4.13. The number of carbonyl (C=O) groups excluding carboxylic acids is 2. The van der Waals surface area contributed by atoms with Crippen LogP contribution in [0.2, 0.25) is 0 Å². The topological polar surface area (TPSA) is 46.6 Å². The molecule has 1 heterocycles. The maximum atomic E-state index is 12.8. The SMILES string of the molecule is O=C1S/C(=C\c2cccc(Oc3ccccc3)c2)C(=O)N1Cc1ccccc1Br. The number of halogens is 1. The molecule has 0 atom stereocenters. The predicted octanol–water partition coefficient (Wildman–Crippen LogP) is 6.48. The summed E-state index contributed by atoms with van der Waals surface area (Å²) in [7, 11) is 0. The van der Waals surface area contributed by atoms with Crippen molar-refractivity contribution in [1.82, 2.24) is 4.90 Å². The van der Waals surface area contributed by atoms with Crippen molar-refractivity contribution in [2.75, 3.05) is 0 Å². The van der Waals surface area contributed by atoms with Crippen LogP contribution in [-0.4, -0.2) is 16.0 Å². The zero-order valence-electron chi connectivity index (χ0n) is 15.2. The largest absolute Gasteiger partial charge is 0.457 e. The maximum absolute atomic E-state index is 12.8. The first-order chi connectivity index (χ1) is 14.1. The highest BCUT2D eigenvalue weighted by atomic mass is 79.9. The van der Waals surface area contributed by atoms with Crippen LogP contribution in [0.4, 0.5) is 4.79 Å². The Hall–Kier alpha value is -2.83. The quantitative estimate of drug-likeness (QED) is 0.404. The molecule has 0 saturated carbocycles. The molecule has 3 aromatic rings. The van der Waals surface area contributed by atoms with E-state index in [1.54, 1.807) is 6.08 Å². The molecule has 6 heteroatoms. The van der Waals surface area contributed by atoms with Gasteiger partial charge in [-0.25, -0.2) is 0 Å². The van der Waals surface area contributed by atoms with Crippen LogP contribution in [0.25, 0.3) is 6.08 Å². The van der Waals surface area contributed by atoms with Crippen molar-refractivity contribution in [3.05, 3.63) is 99.4 Å². The molecule has 0 aliphatic carbocycles. The number of benzene rings is 3. The first kappa shape index (κ1) is 19.5. The smallest absolute Gasteiger partial charge is 0.293 e. The van der Waals surface area contributed by atoms with Crippen molar-refractivity contribution in [1.29, 1.82) is 0 Å². The molecule has 1 aliphatic rings. The Morgan fingerprint density at radius 3 is 2.41 bits per heavy atom. The van der Waals surface area contributed by atoms with Gasteiger partial charge in [0.1, 0.15) is 11.5 Å². The molecule has 1 saturated heterocycles. The molecule has 4 rings (SSSR count). The second kappa shape index (κ2) is 8.68. The molecule has 0 spiro atoms. The van der Waals surface area contributed by atoms with Crippen molar-refractivity contribution >= 4 is 44.9 Å². The van der Waals surface area contributed by atoms with Crippen LogP contribution in [0.1, 0.15) is 11.1 Å². The first-order valence-electron chi connectivity index (χ1n) is 8.92. The molecule has 0 N–H and O–H groups in total. The van der Waals surface area contributed by atoms with Gasteiger partial charge in [0.25, 0.3) is 11.1 Å². The van der Waals surface area contributed by atoms with Crippen molar-refractivity contribution in [3.63, 3.8) is 0 Å². The second-order valence-corrected chi connectivity index (χ2v) is 8.19. The van der Waals surface area contributed by atoms with Crippen LogP contribution in [0, 0.1) is 0 Å². The highest BCUT2D eigenvalue weighted by Crippen LogP contribution is 2.34. The summed E-state index contributed by atoms with van der Waals surface area (Å²) in [6.45, 7) is 0.237. The minimum Gasteiger partial charge on any atom is -0.457 e. The maximum Gasteiger partial charge on any atom is 0.293 e. The summed E-state index contributed by atoms with van der Waals surface area (Å²) < 4.78 is 6.71. The van der Waals surface area contributed by atoms with Crippen LogP contribution in [0.15, 0.2) is 88.2 Å². The zero-order valence-corrected chi connectivity index (χ0v) is 17.7. The normalized spacial score (nSPS) is 15.2. The molecule has 3 aromatic carbocycles. The third-order valence-electron chi connectivity index (χ3n) is 4.29. The number of para-hydroxylation sites is 1. The highest BCUT2D eigenvalue weighted by Gasteiger charge is 2.35. The fourth-order valence-electron chi connectivity index (χ4n) is 2.88. The fraction of sp³-hybridized carbons (Fsp3) is 0.0435. The summed E-state index contributed by atoms with van der Waals surface area (Å²) >= 11 is 4.42. The van der Waals surface area contributed by atoms with Crippen LogP contribution in [-0.2, 0) is 11.3 Å². The predicted molar refractivity (Wildman–Crippen MR) is 119 cm³/mol. The van der Waals surface area contributed by atoms with Crippen LogP contribution in [0.3, 0.4) is 0 Å². The average Bonchev–Trinajstić information content (AvgIpc) is 2.98. The zero-order chi connectivity index (χ0) is 20.2. The lowest BCUT2D eigenvalue weighted by Gasteiger charge is -2.13. The minimum absolute atomic E-state index is 0.237. The van der Waals surface area contributed by atoms with Gasteiger partial charge in [0.15, 0.2) is 0 Å². The van der Waals surface area contributed by atoms with E-state index in [2.05, 4.69) is 15.9 Å². The Morgan fingerprint density at radius 2 is 1.62 bits per heavy atom. The van der Waals surface area contributed by atoms with E-state index in [-0.39, 0.29) is 17.7 Å². The van der Waals surface area contributed by atoms with E-state index in [4.69, 9.17) is 4.74 Å². The number of hydrogen-bond donors (Lipinski definition) is 0. The number of imide groups is 1. The van der Waals surface area contributed by atoms with Crippen molar-refractivity contribution in [3.8, 4) is 11.5 Å². The number of thioether (sulfide) groups is 1. The molecule has 0 unspecified atom stereocenters. The van der Waals surface area contributed by atoms with E-state index in [0.717, 1.165) is 33.1 Å². The monoisotopic (exact) mass is 465 g/mol. The van der Waals surface area contributed by atoms with Gasteiger partial charge in [0.2, 0.25) is 0 Å². The number of amides is 2. The number of hydrogen-bond acceptors (Lipinski definition) is 4. The Morgan fingerprint density at radius 1 is 0.897 bits per heavy atom. The molecule has 1 aliphatic heterocycles. The number of ether oxygens (including phenoxy) is 1. The van der Waals surface area contributed by atoms with Gasteiger partial charge in [-0.15, -0.1) is 0 Å². The molecule has 0 aromatic heterocycles. The molecule has 29 heavy (non-hydrogen) atoms. The van der Waals surface area contributed by atoms with Crippen LogP contribution >= 0.6 is 27.7 Å². The molecule has 0 bridgehead atoms. The van der Waals surface area contributed by atoms with E-state index in [1.165, 1.54) is 4.90 Å². The van der Waals surface area contributed by atoms with Gasteiger partial charge in [-0.3, -0.25) is 14.5 Å². The average molecular weight is 466 g/mol. The van der Waals surface area contributed by atoms with Crippen LogP contribution in [0.5, 0.6) is 11.5 Å². The summed E-state index contributed by atoms with van der Waals surface area (Å²) in [6.07, 6.45) is 1.72. The summed E-state index contributed by atoms with van der Waals surface area (Å²) in [5, 5.41) is -0.270.